The van der Waals surface area contributed by atoms with E-state index in [9.17, 15) is 9.59 Å². The summed E-state index contributed by atoms with van der Waals surface area (Å²) in [6.07, 6.45) is 0.342. The molecule has 0 bridgehead atoms. The molecule has 0 atom stereocenters. The number of hydrogen-bond acceptors (Lipinski definition) is 3. The quantitative estimate of drug-likeness (QED) is 0.414. The molecule has 0 N–H and O–H groups in total. The molecule has 4 nitrogen and oxygen atoms in total. The highest BCUT2D eigenvalue weighted by Crippen LogP contribution is 2.04. The van der Waals surface area contributed by atoms with Gasteiger partial charge in [0.05, 0.1) is 0 Å². The molecule has 0 saturated carbocycles. The van der Waals surface area contributed by atoms with E-state index >= 15 is 0 Å². The molecule has 10 heavy (non-hydrogen) atoms. The number of carbonyl (C=O) groups is 2. The normalized spacial score (nSPS) is 17.9. The second kappa shape index (κ2) is 2.68. The van der Waals surface area contributed by atoms with Crippen LogP contribution in [0, 0.1) is 0 Å². The highest BCUT2D eigenvalue weighted by atomic mass is 16.6. The Morgan fingerprint density at radius 2 is 2.30 bits per heavy atom. The minimum Gasteiger partial charge on any atom is -0.375 e. The fraction of sp³-hybridized carbons (Fsp3) is 0.667. The molecule has 0 aromatic carbocycles. The zero-order valence-corrected chi connectivity index (χ0v) is 5.79. The van der Waals surface area contributed by atoms with Gasteiger partial charge in [0.2, 0.25) is 0 Å². The summed E-state index contributed by atoms with van der Waals surface area (Å²) in [6, 6.07) is 0. The number of nitrogens with zero attached hydrogens (tertiary/aromatic N) is 1. The number of rotatable bonds is 2. The van der Waals surface area contributed by atoms with Crippen molar-refractivity contribution in [1.82, 2.24) is 4.90 Å². The first kappa shape index (κ1) is 7.05. The molecule has 56 valence electrons. The Hall–Kier alpha value is -1.06. The molecule has 1 rings (SSSR count). The number of esters is 1. The van der Waals surface area contributed by atoms with Gasteiger partial charge in [0, 0.05) is 6.54 Å². The van der Waals surface area contributed by atoms with Crippen LogP contribution in [0.3, 0.4) is 0 Å². The number of amides is 1. The highest BCUT2D eigenvalue weighted by Gasteiger charge is 2.28. The van der Waals surface area contributed by atoms with Gasteiger partial charge in [0.15, 0.2) is 0 Å². The van der Waals surface area contributed by atoms with Gasteiger partial charge in [-0.05, 0) is 6.42 Å². The summed E-state index contributed by atoms with van der Waals surface area (Å²) in [5.41, 5.74) is 0. The summed E-state index contributed by atoms with van der Waals surface area (Å²) in [4.78, 5) is 22.5. The average Bonchev–Trinajstić information content (AvgIpc) is 2.13. The molecule has 0 aromatic rings. The molecule has 0 spiro atoms. The first-order valence-electron chi connectivity index (χ1n) is 3.23. The number of ether oxygens (including phenoxy) is 1. The summed E-state index contributed by atoms with van der Waals surface area (Å²) in [5, 5.41) is 0. The van der Waals surface area contributed by atoms with Gasteiger partial charge in [-0.3, -0.25) is 4.90 Å². The Bertz CT molecular complexity index is 166. The molecule has 0 aromatic heterocycles. The van der Waals surface area contributed by atoms with Gasteiger partial charge in [-0.1, -0.05) is 6.92 Å². The van der Waals surface area contributed by atoms with Crippen molar-refractivity contribution in [3.63, 3.8) is 0 Å². The van der Waals surface area contributed by atoms with Gasteiger partial charge < -0.3 is 4.74 Å². The van der Waals surface area contributed by atoms with E-state index in [-0.39, 0.29) is 6.54 Å². The molecule has 1 amide bonds. The van der Waals surface area contributed by atoms with Crippen LogP contribution in [-0.2, 0) is 9.53 Å². The molecule has 1 aliphatic rings. The molecule has 0 aliphatic carbocycles. The minimum absolute atomic E-state index is 0.118. The van der Waals surface area contributed by atoms with E-state index in [4.69, 9.17) is 0 Å². The molecule has 1 fully saturated rings. The molecule has 0 unspecified atom stereocenters. The summed E-state index contributed by atoms with van der Waals surface area (Å²) in [6.45, 7) is 2.66. The Morgan fingerprint density at radius 3 is 2.70 bits per heavy atom. The third-order valence-corrected chi connectivity index (χ3v) is 1.27. The zero-order chi connectivity index (χ0) is 7.56. The van der Waals surface area contributed by atoms with Crippen LogP contribution in [0.4, 0.5) is 4.79 Å². The maximum atomic E-state index is 10.7. The van der Waals surface area contributed by atoms with Crippen LogP contribution in [0.1, 0.15) is 13.3 Å². The van der Waals surface area contributed by atoms with Gasteiger partial charge in [-0.2, -0.15) is 0 Å². The van der Waals surface area contributed by atoms with Gasteiger partial charge in [0.1, 0.15) is 6.54 Å². The van der Waals surface area contributed by atoms with Crippen molar-refractivity contribution in [3.8, 4) is 0 Å². The van der Waals surface area contributed by atoms with Crippen LogP contribution in [0.25, 0.3) is 0 Å². The largest absolute Gasteiger partial charge is 0.418 e. The molecule has 4 heteroatoms. The van der Waals surface area contributed by atoms with Crippen molar-refractivity contribution in [2.75, 3.05) is 13.1 Å². The van der Waals surface area contributed by atoms with Crippen molar-refractivity contribution in [3.05, 3.63) is 0 Å². The van der Waals surface area contributed by atoms with Crippen molar-refractivity contribution in [1.29, 1.82) is 0 Å². The maximum Gasteiger partial charge on any atom is 0.418 e. The molecular weight excluding hydrogens is 134 g/mol. The summed E-state index contributed by atoms with van der Waals surface area (Å²) < 4.78 is 4.27. The lowest BCUT2D eigenvalue weighted by Crippen LogP contribution is -2.25. The van der Waals surface area contributed by atoms with E-state index in [1.54, 1.807) is 0 Å². The van der Waals surface area contributed by atoms with Crippen molar-refractivity contribution >= 4 is 12.1 Å². The molecule has 1 saturated heterocycles. The van der Waals surface area contributed by atoms with Crippen molar-refractivity contribution < 1.29 is 14.3 Å². The lowest BCUT2D eigenvalue weighted by molar-refractivity contribution is -0.132. The Kier molecular flexibility index (Phi) is 1.89. The van der Waals surface area contributed by atoms with Crippen LogP contribution in [0.2, 0.25) is 0 Å². The van der Waals surface area contributed by atoms with E-state index < -0.39 is 12.1 Å². The first-order chi connectivity index (χ1) is 4.74. The fourth-order valence-corrected chi connectivity index (χ4v) is 0.855. The Morgan fingerprint density at radius 1 is 1.60 bits per heavy atom. The zero-order valence-electron chi connectivity index (χ0n) is 5.79. The average molecular weight is 143 g/mol. The van der Waals surface area contributed by atoms with E-state index in [1.807, 2.05) is 6.92 Å². The third kappa shape index (κ3) is 1.26. The smallest absolute Gasteiger partial charge is 0.375 e. The van der Waals surface area contributed by atoms with E-state index in [1.165, 1.54) is 4.90 Å². The van der Waals surface area contributed by atoms with Gasteiger partial charge in [-0.15, -0.1) is 0 Å². The SMILES string of the molecule is CCCN1CC(=O)OC1=O. The molecule has 1 heterocycles. The number of hydrogen-bond donors (Lipinski definition) is 0. The topological polar surface area (TPSA) is 46.6 Å². The molecule has 1 aliphatic heterocycles. The van der Waals surface area contributed by atoms with Crippen molar-refractivity contribution in [2.45, 2.75) is 13.3 Å². The van der Waals surface area contributed by atoms with Gasteiger partial charge in [0.25, 0.3) is 0 Å². The summed E-state index contributed by atoms with van der Waals surface area (Å²) in [5.74, 6) is -0.446. The third-order valence-electron chi connectivity index (χ3n) is 1.27. The summed E-state index contributed by atoms with van der Waals surface area (Å²) in [7, 11) is 0. The van der Waals surface area contributed by atoms with Crippen LogP contribution in [-0.4, -0.2) is 30.1 Å². The molecular formula is C6H9NO3. The first-order valence-corrected chi connectivity index (χ1v) is 3.23. The second-order valence-electron chi connectivity index (χ2n) is 2.16. The minimum atomic E-state index is -0.508. The van der Waals surface area contributed by atoms with E-state index in [2.05, 4.69) is 4.74 Å². The number of cyclic esters (lactones) is 2. The number of carbonyl (C=O) groups excluding carboxylic acids is 2. The maximum absolute atomic E-state index is 10.7. The van der Waals surface area contributed by atoms with Gasteiger partial charge >= 0.3 is 12.1 Å². The standard InChI is InChI=1S/C6H9NO3/c1-2-3-7-4-5(8)10-6(7)9/h2-4H2,1H3. The lowest BCUT2D eigenvalue weighted by atomic mass is 10.4. The predicted molar refractivity (Wildman–Crippen MR) is 33.4 cm³/mol. The van der Waals surface area contributed by atoms with Crippen LogP contribution < -0.4 is 0 Å². The Balaban J connectivity index is 2.46. The summed E-state index contributed by atoms with van der Waals surface area (Å²) >= 11 is 0. The predicted octanol–water partition coefficient (Wildman–Crippen LogP) is 0.375. The van der Waals surface area contributed by atoms with Crippen molar-refractivity contribution in [2.24, 2.45) is 0 Å². The van der Waals surface area contributed by atoms with Crippen LogP contribution in [0.15, 0.2) is 0 Å². The fourth-order valence-electron chi connectivity index (χ4n) is 0.855. The Labute approximate surface area is 58.8 Å². The van der Waals surface area contributed by atoms with Crippen LogP contribution in [0.5, 0.6) is 0 Å². The monoisotopic (exact) mass is 143 g/mol. The van der Waals surface area contributed by atoms with Gasteiger partial charge in [-0.25, -0.2) is 9.59 Å². The highest BCUT2D eigenvalue weighted by molar-refractivity contribution is 5.92. The van der Waals surface area contributed by atoms with Crippen LogP contribution >= 0.6 is 0 Å². The molecule has 0 radical (unpaired) electrons. The van der Waals surface area contributed by atoms with E-state index in [0.29, 0.717) is 6.54 Å². The van der Waals surface area contributed by atoms with E-state index in [0.717, 1.165) is 6.42 Å². The lowest BCUT2D eigenvalue weighted by Gasteiger charge is -2.07. The second-order valence-corrected chi connectivity index (χ2v) is 2.16.